The van der Waals surface area contributed by atoms with Crippen LogP contribution in [-0.2, 0) is 0 Å². The summed E-state index contributed by atoms with van der Waals surface area (Å²) in [5, 5.41) is 2.71. The van der Waals surface area contributed by atoms with Crippen LogP contribution in [0.1, 0.15) is 46.0 Å². The van der Waals surface area contributed by atoms with Gasteiger partial charge in [0.2, 0.25) is 0 Å². The van der Waals surface area contributed by atoms with E-state index in [1.54, 1.807) is 24.9 Å². The number of rotatable bonds is 4. The van der Waals surface area contributed by atoms with Crippen molar-refractivity contribution in [3.63, 3.8) is 0 Å². The highest BCUT2D eigenvalue weighted by atomic mass is 32.2. The van der Waals surface area contributed by atoms with Crippen LogP contribution in [0.3, 0.4) is 0 Å². The fourth-order valence-electron chi connectivity index (χ4n) is 2.52. The van der Waals surface area contributed by atoms with Crippen molar-refractivity contribution in [2.45, 2.75) is 37.5 Å². The normalized spacial score (nSPS) is 14.2. The molecule has 1 saturated carbocycles. The SMILES string of the molecule is CSc1c(C2CC2)ccc(C(=O)Nc2ncc(C)o2)c1C. The van der Waals surface area contributed by atoms with Gasteiger partial charge in [-0.05, 0) is 56.1 Å². The highest BCUT2D eigenvalue weighted by Gasteiger charge is 2.28. The molecule has 3 rings (SSSR count). The van der Waals surface area contributed by atoms with E-state index in [1.807, 2.05) is 13.0 Å². The maximum atomic E-state index is 12.4. The summed E-state index contributed by atoms with van der Waals surface area (Å²) < 4.78 is 5.30. The molecule has 4 nitrogen and oxygen atoms in total. The lowest BCUT2D eigenvalue weighted by Gasteiger charge is -2.13. The van der Waals surface area contributed by atoms with E-state index >= 15 is 0 Å². The molecule has 1 fully saturated rings. The third kappa shape index (κ3) is 2.83. The number of oxazole rings is 1. The van der Waals surface area contributed by atoms with Gasteiger partial charge in [0, 0.05) is 10.5 Å². The summed E-state index contributed by atoms with van der Waals surface area (Å²) in [5.74, 6) is 1.18. The second-order valence-corrected chi connectivity index (χ2v) is 6.18. The third-order valence-corrected chi connectivity index (χ3v) is 4.69. The second-order valence-electron chi connectivity index (χ2n) is 5.37. The van der Waals surface area contributed by atoms with E-state index in [2.05, 4.69) is 22.6 Å². The van der Waals surface area contributed by atoms with Crippen LogP contribution in [0, 0.1) is 13.8 Å². The topological polar surface area (TPSA) is 55.1 Å². The van der Waals surface area contributed by atoms with Crippen molar-refractivity contribution >= 4 is 23.7 Å². The molecule has 1 aromatic heterocycles. The molecule has 0 aliphatic heterocycles. The molecule has 0 radical (unpaired) electrons. The number of nitrogens with one attached hydrogen (secondary N) is 1. The van der Waals surface area contributed by atoms with Crippen molar-refractivity contribution in [1.82, 2.24) is 4.98 Å². The molecule has 1 aromatic carbocycles. The van der Waals surface area contributed by atoms with Gasteiger partial charge >= 0.3 is 6.01 Å². The number of carbonyl (C=O) groups is 1. The lowest BCUT2D eigenvalue weighted by Crippen LogP contribution is -2.14. The van der Waals surface area contributed by atoms with Gasteiger partial charge in [0.15, 0.2) is 0 Å². The molecule has 1 heterocycles. The quantitative estimate of drug-likeness (QED) is 0.862. The second kappa shape index (κ2) is 5.56. The van der Waals surface area contributed by atoms with Crippen LogP contribution >= 0.6 is 11.8 Å². The lowest BCUT2D eigenvalue weighted by molar-refractivity contribution is 0.102. The number of anilines is 1. The summed E-state index contributed by atoms with van der Waals surface area (Å²) in [6, 6.07) is 4.24. The third-order valence-electron chi connectivity index (χ3n) is 3.74. The molecule has 0 spiro atoms. The van der Waals surface area contributed by atoms with Crippen molar-refractivity contribution in [3.8, 4) is 0 Å². The summed E-state index contributed by atoms with van der Waals surface area (Å²) >= 11 is 1.71. The van der Waals surface area contributed by atoms with E-state index < -0.39 is 0 Å². The minimum atomic E-state index is -0.174. The molecular weight excluding hydrogens is 284 g/mol. The first kappa shape index (κ1) is 14.2. The maximum Gasteiger partial charge on any atom is 0.301 e. The Kier molecular flexibility index (Phi) is 3.76. The number of nitrogens with zero attached hydrogens (tertiary/aromatic N) is 1. The van der Waals surface area contributed by atoms with Gasteiger partial charge in [-0.25, -0.2) is 4.98 Å². The van der Waals surface area contributed by atoms with E-state index in [0.717, 1.165) is 5.56 Å². The summed E-state index contributed by atoms with van der Waals surface area (Å²) in [6.07, 6.45) is 6.17. The van der Waals surface area contributed by atoms with Crippen LogP contribution < -0.4 is 5.32 Å². The number of hydrogen-bond donors (Lipinski definition) is 1. The molecule has 1 aliphatic rings. The molecule has 1 amide bonds. The number of benzene rings is 1. The Morgan fingerprint density at radius 2 is 2.14 bits per heavy atom. The zero-order chi connectivity index (χ0) is 15.0. The van der Waals surface area contributed by atoms with E-state index in [9.17, 15) is 4.79 Å². The Labute approximate surface area is 128 Å². The van der Waals surface area contributed by atoms with Crippen molar-refractivity contribution in [1.29, 1.82) is 0 Å². The van der Waals surface area contributed by atoms with E-state index in [0.29, 0.717) is 17.2 Å². The van der Waals surface area contributed by atoms with Gasteiger partial charge in [0.25, 0.3) is 5.91 Å². The molecular formula is C16H18N2O2S. The van der Waals surface area contributed by atoms with Crippen LogP contribution in [0.15, 0.2) is 27.6 Å². The van der Waals surface area contributed by atoms with Crippen LogP contribution in [0.2, 0.25) is 0 Å². The number of aromatic nitrogens is 1. The zero-order valence-electron chi connectivity index (χ0n) is 12.4. The Bertz CT molecular complexity index is 690. The number of amides is 1. The van der Waals surface area contributed by atoms with Gasteiger partial charge in [-0.3, -0.25) is 10.1 Å². The molecule has 0 bridgehead atoms. The monoisotopic (exact) mass is 302 g/mol. The van der Waals surface area contributed by atoms with Gasteiger partial charge < -0.3 is 4.42 Å². The number of aryl methyl sites for hydroxylation is 1. The first-order valence-corrected chi connectivity index (χ1v) is 8.24. The van der Waals surface area contributed by atoms with Crippen molar-refractivity contribution in [2.75, 3.05) is 11.6 Å². The minimum Gasteiger partial charge on any atom is -0.429 e. The predicted octanol–water partition coefficient (Wildman–Crippen LogP) is 4.14. The van der Waals surface area contributed by atoms with Crippen LogP contribution in [0.4, 0.5) is 6.01 Å². The summed E-state index contributed by atoms with van der Waals surface area (Å²) in [4.78, 5) is 17.6. The van der Waals surface area contributed by atoms with E-state index in [-0.39, 0.29) is 11.9 Å². The standard InChI is InChI=1S/C16H18N2O2S/c1-9-8-17-16(20-9)18-15(19)12-6-7-13(11-4-5-11)14(21-3)10(12)2/h6-8,11H,4-5H2,1-3H3,(H,17,18,19). The van der Waals surface area contributed by atoms with Gasteiger partial charge in [-0.1, -0.05) is 6.07 Å². The van der Waals surface area contributed by atoms with Crippen LogP contribution in [0.25, 0.3) is 0 Å². The first-order chi connectivity index (χ1) is 10.1. The number of hydrogen-bond acceptors (Lipinski definition) is 4. The molecule has 0 unspecified atom stereocenters. The number of carbonyl (C=O) groups excluding carboxylic acids is 1. The zero-order valence-corrected chi connectivity index (χ0v) is 13.2. The molecule has 5 heteroatoms. The average molecular weight is 302 g/mol. The molecule has 21 heavy (non-hydrogen) atoms. The molecule has 1 N–H and O–H groups in total. The Balaban J connectivity index is 1.89. The lowest BCUT2D eigenvalue weighted by atomic mass is 10.0. The van der Waals surface area contributed by atoms with Gasteiger partial charge in [0.05, 0.1) is 6.20 Å². The van der Waals surface area contributed by atoms with E-state index in [4.69, 9.17) is 4.42 Å². The Morgan fingerprint density at radius 1 is 1.38 bits per heavy atom. The summed E-state index contributed by atoms with van der Waals surface area (Å²) in [5.41, 5.74) is 3.09. The van der Waals surface area contributed by atoms with Crippen molar-refractivity contribution < 1.29 is 9.21 Å². The van der Waals surface area contributed by atoms with Crippen LogP contribution in [-0.4, -0.2) is 17.1 Å². The first-order valence-electron chi connectivity index (χ1n) is 7.01. The van der Waals surface area contributed by atoms with Crippen molar-refractivity contribution in [3.05, 3.63) is 40.8 Å². The summed E-state index contributed by atoms with van der Waals surface area (Å²) in [6.45, 7) is 3.80. The maximum absolute atomic E-state index is 12.4. The molecule has 0 saturated heterocycles. The van der Waals surface area contributed by atoms with Crippen LogP contribution in [0.5, 0.6) is 0 Å². The van der Waals surface area contributed by atoms with Gasteiger partial charge in [-0.2, -0.15) is 0 Å². The molecule has 1 aliphatic carbocycles. The van der Waals surface area contributed by atoms with Gasteiger partial charge in [-0.15, -0.1) is 11.8 Å². The molecule has 0 atom stereocenters. The highest BCUT2D eigenvalue weighted by molar-refractivity contribution is 7.98. The van der Waals surface area contributed by atoms with E-state index in [1.165, 1.54) is 23.3 Å². The smallest absolute Gasteiger partial charge is 0.301 e. The largest absolute Gasteiger partial charge is 0.429 e. The highest BCUT2D eigenvalue weighted by Crippen LogP contribution is 2.45. The Hall–Kier alpha value is -1.75. The van der Waals surface area contributed by atoms with Crippen molar-refractivity contribution in [2.24, 2.45) is 0 Å². The minimum absolute atomic E-state index is 0.174. The Morgan fingerprint density at radius 3 is 2.71 bits per heavy atom. The molecule has 110 valence electrons. The fraction of sp³-hybridized carbons (Fsp3) is 0.375. The number of thioether (sulfide) groups is 1. The fourth-order valence-corrected chi connectivity index (χ4v) is 3.41. The predicted molar refractivity (Wildman–Crippen MR) is 84.1 cm³/mol. The average Bonchev–Trinajstić information content (AvgIpc) is 3.22. The molecule has 2 aromatic rings. The van der Waals surface area contributed by atoms with Gasteiger partial charge in [0.1, 0.15) is 5.76 Å². The summed E-state index contributed by atoms with van der Waals surface area (Å²) in [7, 11) is 0.